The monoisotopic (exact) mass is 404 g/mol. The quantitative estimate of drug-likeness (QED) is 0.461. The summed E-state index contributed by atoms with van der Waals surface area (Å²) in [4.78, 5) is 20.9. The van der Waals surface area contributed by atoms with Gasteiger partial charge in [-0.1, -0.05) is 41.9 Å². The summed E-state index contributed by atoms with van der Waals surface area (Å²) in [6, 6.07) is 19.5. The third-order valence-corrected chi connectivity index (χ3v) is 5.18. The molecule has 29 heavy (non-hydrogen) atoms. The molecular weight excluding hydrogens is 384 g/mol. The first-order valence-corrected chi connectivity index (χ1v) is 9.96. The molecule has 0 aliphatic carbocycles. The second-order valence-corrected chi connectivity index (χ2v) is 7.20. The predicted molar refractivity (Wildman–Crippen MR) is 115 cm³/mol. The molecule has 0 saturated carbocycles. The lowest BCUT2D eigenvalue weighted by molar-refractivity contribution is 0.0953. The van der Waals surface area contributed by atoms with Crippen LogP contribution in [0.15, 0.2) is 73.1 Å². The number of fused-ring (bicyclic) bond motifs is 1. The van der Waals surface area contributed by atoms with E-state index in [-0.39, 0.29) is 5.91 Å². The van der Waals surface area contributed by atoms with E-state index in [1.807, 2.05) is 42.5 Å². The Kier molecular flexibility index (Phi) is 5.86. The first kappa shape index (κ1) is 19.2. The molecule has 2 aromatic heterocycles. The maximum Gasteiger partial charge on any atom is 0.252 e. The number of rotatable bonds is 7. The highest BCUT2D eigenvalue weighted by molar-refractivity contribution is 6.31. The highest BCUT2D eigenvalue weighted by atomic mass is 35.5. The van der Waals surface area contributed by atoms with Gasteiger partial charge in [-0.05, 0) is 42.3 Å². The summed E-state index contributed by atoms with van der Waals surface area (Å²) >= 11 is 6.38. The summed E-state index contributed by atoms with van der Waals surface area (Å²) in [6.45, 7) is 1.24. The van der Waals surface area contributed by atoms with E-state index < -0.39 is 0 Å². The largest absolute Gasteiger partial charge is 0.352 e. The van der Waals surface area contributed by atoms with Gasteiger partial charge in [-0.25, -0.2) is 4.98 Å². The van der Waals surface area contributed by atoms with Gasteiger partial charge in [0.05, 0.1) is 23.1 Å². The second-order valence-electron chi connectivity index (χ2n) is 6.80. The fraction of sp³-hybridized carbons (Fsp3) is 0.174. The molecular formula is C23H21ClN4O. The van der Waals surface area contributed by atoms with Crippen LogP contribution in [0.1, 0.15) is 28.2 Å². The normalized spacial score (nSPS) is 10.9. The fourth-order valence-corrected chi connectivity index (χ4v) is 3.53. The zero-order valence-electron chi connectivity index (χ0n) is 15.9. The summed E-state index contributed by atoms with van der Waals surface area (Å²) in [5, 5.41) is 3.69. The number of hydrogen-bond acceptors (Lipinski definition) is 3. The molecule has 0 aliphatic heterocycles. The Hall–Kier alpha value is -3.18. The van der Waals surface area contributed by atoms with Gasteiger partial charge in [-0.3, -0.25) is 9.78 Å². The number of carbonyl (C=O) groups is 1. The minimum absolute atomic E-state index is 0.109. The number of carbonyl (C=O) groups excluding carboxylic acids is 1. The highest BCUT2D eigenvalue weighted by Crippen LogP contribution is 2.22. The van der Waals surface area contributed by atoms with E-state index in [0.717, 1.165) is 40.3 Å². The van der Waals surface area contributed by atoms with E-state index in [0.29, 0.717) is 18.7 Å². The number of hydrogen-bond donors (Lipinski definition) is 1. The van der Waals surface area contributed by atoms with Crippen molar-refractivity contribution in [3.05, 3.63) is 95.0 Å². The van der Waals surface area contributed by atoms with Crippen LogP contribution in [0.3, 0.4) is 0 Å². The third-order valence-electron chi connectivity index (χ3n) is 4.81. The summed E-state index contributed by atoms with van der Waals surface area (Å²) in [5.74, 6) is 0.879. The Morgan fingerprint density at radius 2 is 1.86 bits per heavy atom. The van der Waals surface area contributed by atoms with Crippen LogP contribution < -0.4 is 5.32 Å². The van der Waals surface area contributed by atoms with Crippen molar-refractivity contribution in [1.82, 2.24) is 19.9 Å². The van der Waals surface area contributed by atoms with Crippen molar-refractivity contribution in [2.75, 3.05) is 6.54 Å². The number of pyridine rings is 1. The maximum absolute atomic E-state index is 12.2. The van der Waals surface area contributed by atoms with Crippen LogP contribution in [0, 0.1) is 0 Å². The van der Waals surface area contributed by atoms with Crippen LogP contribution in [-0.4, -0.2) is 27.0 Å². The molecule has 4 aromatic rings. The van der Waals surface area contributed by atoms with E-state index in [1.165, 1.54) is 0 Å². The molecule has 0 fully saturated rings. The molecule has 0 bridgehead atoms. The summed E-state index contributed by atoms with van der Waals surface area (Å²) in [6.07, 6.45) is 4.77. The second kappa shape index (κ2) is 8.88. The SMILES string of the molecule is O=C(NCCCc1nc2ccccc2n1Cc1ccccc1Cl)c1cccnc1. The van der Waals surface area contributed by atoms with Crippen molar-refractivity contribution in [3.63, 3.8) is 0 Å². The van der Waals surface area contributed by atoms with Crippen LogP contribution in [-0.2, 0) is 13.0 Å². The molecule has 0 unspecified atom stereocenters. The van der Waals surface area contributed by atoms with E-state index >= 15 is 0 Å². The maximum atomic E-state index is 12.2. The van der Waals surface area contributed by atoms with Gasteiger partial charge in [0.1, 0.15) is 5.82 Å². The molecule has 146 valence electrons. The van der Waals surface area contributed by atoms with E-state index in [9.17, 15) is 4.79 Å². The zero-order valence-corrected chi connectivity index (χ0v) is 16.6. The number of para-hydroxylation sites is 2. The van der Waals surface area contributed by atoms with Gasteiger partial charge in [-0.15, -0.1) is 0 Å². The molecule has 1 N–H and O–H groups in total. The number of halogens is 1. The van der Waals surface area contributed by atoms with Crippen molar-refractivity contribution >= 4 is 28.5 Å². The lowest BCUT2D eigenvalue weighted by atomic mass is 10.2. The smallest absolute Gasteiger partial charge is 0.252 e. The van der Waals surface area contributed by atoms with Gasteiger partial charge in [0.2, 0.25) is 0 Å². The van der Waals surface area contributed by atoms with E-state index in [1.54, 1.807) is 24.5 Å². The Labute approximate surface area is 174 Å². The summed E-state index contributed by atoms with van der Waals surface area (Å²) in [7, 11) is 0. The minimum atomic E-state index is -0.109. The fourth-order valence-electron chi connectivity index (χ4n) is 3.34. The predicted octanol–water partition coefficient (Wildman–Crippen LogP) is 4.50. The summed E-state index contributed by atoms with van der Waals surface area (Å²) < 4.78 is 2.21. The highest BCUT2D eigenvalue weighted by Gasteiger charge is 2.12. The topological polar surface area (TPSA) is 59.8 Å². The average Bonchev–Trinajstić information content (AvgIpc) is 3.10. The Morgan fingerprint density at radius 3 is 2.69 bits per heavy atom. The van der Waals surface area contributed by atoms with Crippen LogP contribution in [0.2, 0.25) is 5.02 Å². The Morgan fingerprint density at radius 1 is 1.03 bits per heavy atom. The standard InChI is InChI=1S/C23H21ClN4O/c24-19-9-2-1-7-18(19)16-28-21-11-4-3-10-20(21)27-22(28)12-6-14-26-23(29)17-8-5-13-25-15-17/h1-5,7-11,13,15H,6,12,14,16H2,(H,26,29). The Bertz CT molecular complexity index is 1120. The summed E-state index contributed by atoms with van der Waals surface area (Å²) in [5.41, 5.74) is 3.68. The van der Waals surface area contributed by atoms with E-state index in [4.69, 9.17) is 16.6 Å². The van der Waals surface area contributed by atoms with E-state index in [2.05, 4.69) is 20.9 Å². The van der Waals surface area contributed by atoms with Crippen molar-refractivity contribution in [2.45, 2.75) is 19.4 Å². The van der Waals surface area contributed by atoms with Crippen molar-refractivity contribution in [2.24, 2.45) is 0 Å². The third kappa shape index (κ3) is 4.46. The number of aryl methyl sites for hydroxylation is 1. The lowest BCUT2D eigenvalue weighted by Gasteiger charge is -2.11. The van der Waals surface area contributed by atoms with Crippen molar-refractivity contribution < 1.29 is 4.79 Å². The van der Waals surface area contributed by atoms with Crippen LogP contribution in [0.25, 0.3) is 11.0 Å². The molecule has 6 heteroatoms. The lowest BCUT2D eigenvalue weighted by Crippen LogP contribution is -2.25. The zero-order chi connectivity index (χ0) is 20.1. The number of nitrogens with zero attached hydrogens (tertiary/aromatic N) is 3. The first-order chi connectivity index (χ1) is 14.2. The van der Waals surface area contributed by atoms with Gasteiger partial charge in [-0.2, -0.15) is 0 Å². The van der Waals surface area contributed by atoms with Gasteiger partial charge in [0, 0.05) is 30.4 Å². The average molecular weight is 405 g/mol. The molecule has 0 spiro atoms. The first-order valence-electron chi connectivity index (χ1n) is 9.58. The minimum Gasteiger partial charge on any atom is -0.352 e. The number of aromatic nitrogens is 3. The molecule has 0 aliphatic rings. The number of amides is 1. The van der Waals surface area contributed by atoms with Gasteiger partial charge >= 0.3 is 0 Å². The van der Waals surface area contributed by atoms with Gasteiger partial charge in [0.25, 0.3) is 5.91 Å². The molecule has 4 rings (SSSR count). The molecule has 5 nitrogen and oxygen atoms in total. The molecule has 0 atom stereocenters. The molecule has 1 amide bonds. The van der Waals surface area contributed by atoms with Crippen molar-refractivity contribution in [3.8, 4) is 0 Å². The number of imidazole rings is 1. The van der Waals surface area contributed by atoms with Crippen LogP contribution >= 0.6 is 11.6 Å². The molecule has 0 radical (unpaired) electrons. The van der Waals surface area contributed by atoms with Crippen molar-refractivity contribution in [1.29, 1.82) is 0 Å². The number of nitrogens with one attached hydrogen (secondary N) is 1. The molecule has 2 heterocycles. The van der Waals surface area contributed by atoms with Crippen LogP contribution in [0.4, 0.5) is 0 Å². The van der Waals surface area contributed by atoms with Crippen LogP contribution in [0.5, 0.6) is 0 Å². The molecule has 2 aromatic carbocycles. The van der Waals surface area contributed by atoms with Gasteiger partial charge in [0.15, 0.2) is 0 Å². The van der Waals surface area contributed by atoms with Gasteiger partial charge < -0.3 is 9.88 Å². The molecule has 0 saturated heterocycles. The number of benzene rings is 2. The Balaban J connectivity index is 1.47.